The largest absolute Gasteiger partial charge is 0.472 e. The second-order valence-corrected chi connectivity index (χ2v) is 22.6. The topological polar surface area (TPSA) is 438 Å². The smallest absolute Gasteiger partial charge is 0.394 e. The summed E-state index contributed by atoms with van der Waals surface area (Å²) in [6.07, 6.45) is 7.90. The van der Waals surface area contributed by atoms with E-state index in [1.165, 1.54) is 96.7 Å². The van der Waals surface area contributed by atoms with Crippen LogP contribution in [-0.2, 0) is 46.2 Å². The number of hydrogen-bond donors (Lipinski definition) is 9. The lowest BCUT2D eigenvalue weighted by atomic mass is 10.0. The van der Waals surface area contributed by atoms with Crippen molar-refractivity contribution in [2.24, 2.45) is 0 Å². The highest BCUT2D eigenvalue weighted by atomic mass is 31.2. The van der Waals surface area contributed by atoms with Crippen LogP contribution in [0.5, 0.6) is 0 Å². The third kappa shape index (κ3) is 13.6. The van der Waals surface area contributed by atoms with E-state index in [-0.39, 0.29) is 63.8 Å². The summed E-state index contributed by atoms with van der Waals surface area (Å²) in [5.74, 6) is -0.304. The van der Waals surface area contributed by atoms with Crippen LogP contribution in [0, 0.1) is 0 Å². The van der Waals surface area contributed by atoms with E-state index in [4.69, 9.17) is 49.5 Å². The molecular weight excluding hydrogens is 1080 g/mol. The SMILES string of the molecule is CCCCCCCCCCCCCCCC(=O)N[C@H]1[C@@H](O)[C@H](n2cnc3c(N)ncnc32)O[C@@H]1COP(=O)(O)O[C@@H]1[C@H](O)[C@@H](COP(=O)(O)O[C@@H]2C[C@@H](CO)O[C@H]2n2cnc3c(N)ncnc32)O[C@H]1n1cnc2c(N)ncnc21. The van der Waals surface area contributed by atoms with Crippen LogP contribution >= 0.6 is 15.6 Å². The molecule has 432 valence electrons. The second-order valence-electron chi connectivity index (χ2n) is 19.8. The number of nitrogens with zero attached hydrogens (tertiary/aromatic N) is 12. The van der Waals surface area contributed by atoms with Gasteiger partial charge in [0.1, 0.15) is 72.2 Å². The van der Waals surface area contributed by atoms with Crippen molar-refractivity contribution in [2.75, 3.05) is 37.0 Å². The highest BCUT2D eigenvalue weighted by Gasteiger charge is 2.52. The Morgan fingerprint density at radius 3 is 1.59 bits per heavy atom. The van der Waals surface area contributed by atoms with Gasteiger partial charge in [0.25, 0.3) is 0 Å². The van der Waals surface area contributed by atoms with Crippen molar-refractivity contribution < 1.29 is 71.3 Å². The van der Waals surface area contributed by atoms with Crippen LogP contribution in [0.4, 0.5) is 17.5 Å². The summed E-state index contributed by atoms with van der Waals surface area (Å²) in [5, 5.41) is 36.4. The van der Waals surface area contributed by atoms with Crippen LogP contribution in [-0.4, -0.2) is 158 Å². The first-order valence-electron chi connectivity index (χ1n) is 26.4. The van der Waals surface area contributed by atoms with Gasteiger partial charge < -0.3 is 61.8 Å². The molecule has 79 heavy (non-hydrogen) atoms. The number of nitrogens with two attached hydrogens (primary N) is 3. The molecule has 33 heteroatoms. The van der Waals surface area contributed by atoms with Crippen LogP contribution in [0.2, 0.25) is 0 Å². The minimum Gasteiger partial charge on any atom is -0.394 e. The lowest BCUT2D eigenvalue weighted by molar-refractivity contribution is -0.123. The molecule has 0 bridgehead atoms. The standard InChI is InChI=1S/C46H68N16O15P2/c1-2-3-4-5-6-7-8-9-10-11-12-13-14-15-30(64)59-31-28(74-45(36(31)66)61-24-57-33-39(48)51-21-54-42(33)61)18-71-79(69,70)77-37-35(65)29(75-46(37)62-25-58-34-40(49)52-22-55-43(34)62)19-72-78(67,68)76-27-16-26(17-63)73-44(27)60-23-56-32-38(47)50-20-53-41(32)60/h20-29,31,35-37,44-46,63,65-66H,2-19H2,1H3,(H,59,64)(H,67,68)(H,69,70)(H2,47,50,53)(H2,48,51,54)(H2,49,52,55)/t26-,27+,28+,29+,31+,35+,36+,37+,44+,45+,46+/m0/s1. The van der Waals surface area contributed by atoms with E-state index < -0.39 is 109 Å². The van der Waals surface area contributed by atoms with Crippen molar-refractivity contribution in [1.29, 1.82) is 0 Å². The number of ether oxygens (including phenoxy) is 3. The number of anilines is 3. The van der Waals surface area contributed by atoms with Gasteiger partial charge in [0.15, 0.2) is 53.1 Å². The maximum atomic E-state index is 14.1. The molecule has 3 aliphatic rings. The Labute approximate surface area is 452 Å². The molecule has 12 N–H and O–H groups in total. The molecule has 6 aromatic rings. The van der Waals surface area contributed by atoms with Gasteiger partial charge in [-0.15, -0.1) is 0 Å². The van der Waals surface area contributed by atoms with E-state index in [2.05, 4.69) is 57.1 Å². The summed E-state index contributed by atoms with van der Waals surface area (Å²) < 4.78 is 72.3. The van der Waals surface area contributed by atoms with E-state index in [0.29, 0.717) is 6.42 Å². The van der Waals surface area contributed by atoms with Gasteiger partial charge in [-0.1, -0.05) is 84.0 Å². The molecule has 0 aliphatic carbocycles. The Morgan fingerprint density at radius 1 is 0.620 bits per heavy atom. The van der Waals surface area contributed by atoms with Crippen LogP contribution in [0.25, 0.3) is 33.5 Å². The number of aromatic nitrogens is 12. The zero-order chi connectivity index (χ0) is 55.8. The van der Waals surface area contributed by atoms with Crippen molar-refractivity contribution in [2.45, 2.75) is 171 Å². The first kappa shape index (κ1) is 58.2. The number of amides is 1. The molecule has 9 rings (SSSR count). The fraction of sp³-hybridized carbons (Fsp3) is 0.652. The number of nitrogen functional groups attached to an aromatic ring is 3. The number of fused-ring (bicyclic) bond motifs is 3. The minimum atomic E-state index is -5.34. The lowest BCUT2D eigenvalue weighted by Crippen LogP contribution is -2.48. The molecule has 6 aromatic heterocycles. The van der Waals surface area contributed by atoms with Crippen LogP contribution in [0.3, 0.4) is 0 Å². The van der Waals surface area contributed by atoms with Crippen molar-refractivity contribution in [3.8, 4) is 0 Å². The van der Waals surface area contributed by atoms with Crippen LogP contribution in [0.15, 0.2) is 38.0 Å². The Morgan fingerprint density at radius 2 is 1.08 bits per heavy atom. The van der Waals surface area contributed by atoms with Gasteiger partial charge in [-0.3, -0.25) is 36.6 Å². The molecular formula is C46H68N16O15P2. The molecule has 2 unspecified atom stereocenters. The maximum Gasteiger partial charge on any atom is 0.472 e. The number of unbranched alkanes of at least 4 members (excludes halogenated alkanes) is 12. The summed E-state index contributed by atoms with van der Waals surface area (Å²) in [6, 6.07) is -1.21. The molecule has 0 radical (unpaired) electrons. The molecule has 13 atom stereocenters. The van der Waals surface area contributed by atoms with Gasteiger partial charge >= 0.3 is 15.6 Å². The predicted octanol–water partition coefficient (Wildman–Crippen LogP) is 3.02. The quantitative estimate of drug-likeness (QED) is 0.0241. The summed E-state index contributed by atoms with van der Waals surface area (Å²) >= 11 is 0. The zero-order valence-corrected chi connectivity index (χ0v) is 45.1. The van der Waals surface area contributed by atoms with Gasteiger partial charge in [-0.05, 0) is 6.42 Å². The number of hydrogen-bond acceptors (Lipinski definition) is 25. The molecule has 0 spiro atoms. The van der Waals surface area contributed by atoms with Gasteiger partial charge in [0.05, 0.1) is 50.9 Å². The summed E-state index contributed by atoms with van der Waals surface area (Å²) in [4.78, 5) is 73.2. The van der Waals surface area contributed by atoms with E-state index >= 15 is 0 Å². The fourth-order valence-corrected chi connectivity index (χ4v) is 12.0. The Hall–Kier alpha value is -5.50. The van der Waals surface area contributed by atoms with Crippen molar-refractivity contribution in [3.05, 3.63) is 38.0 Å². The lowest BCUT2D eigenvalue weighted by Gasteiger charge is -2.26. The van der Waals surface area contributed by atoms with Crippen molar-refractivity contribution in [3.63, 3.8) is 0 Å². The first-order chi connectivity index (χ1) is 38.1. The molecule has 31 nitrogen and oxygen atoms in total. The van der Waals surface area contributed by atoms with Crippen LogP contribution in [0.1, 0.15) is 122 Å². The minimum absolute atomic E-state index is 0.0333. The van der Waals surface area contributed by atoms with E-state index in [1.807, 2.05) is 0 Å². The summed E-state index contributed by atoms with van der Waals surface area (Å²) in [7, 11) is -10.4. The summed E-state index contributed by atoms with van der Waals surface area (Å²) in [6.45, 7) is 0.102. The van der Waals surface area contributed by atoms with Crippen molar-refractivity contribution >= 4 is 72.5 Å². The van der Waals surface area contributed by atoms with Gasteiger partial charge in [-0.2, -0.15) is 0 Å². The summed E-state index contributed by atoms with van der Waals surface area (Å²) in [5.41, 5.74) is 19.0. The van der Waals surface area contributed by atoms with Crippen molar-refractivity contribution in [1.82, 2.24) is 63.9 Å². The number of phosphoric ester groups is 2. The molecule has 9 heterocycles. The number of carbonyl (C=O) groups is 1. The van der Waals surface area contributed by atoms with E-state index in [1.54, 1.807) is 0 Å². The second kappa shape index (κ2) is 26.0. The maximum absolute atomic E-state index is 14.1. The molecule has 0 saturated carbocycles. The molecule has 3 fully saturated rings. The van der Waals surface area contributed by atoms with E-state index in [9.17, 15) is 39.0 Å². The number of nitrogens with one attached hydrogen (secondary N) is 1. The van der Waals surface area contributed by atoms with Gasteiger partial charge in [-0.25, -0.2) is 54.0 Å². The number of aliphatic hydroxyl groups excluding tert-OH is 3. The highest BCUT2D eigenvalue weighted by Crippen LogP contribution is 2.53. The number of carbonyl (C=O) groups excluding carboxylic acids is 1. The molecule has 1 amide bonds. The molecule has 3 saturated heterocycles. The number of imidazole rings is 3. The average molecular weight is 1150 g/mol. The van der Waals surface area contributed by atoms with Gasteiger partial charge in [0, 0.05) is 12.8 Å². The number of aliphatic hydroxyl groups is 3. The monoisotopic (exact) mass is 1150 g/mol. The predicted molar refractivity (Wildman–Crippen MR) is 278 cm³/mol. The third-order valence-corrected chi connectivity index (χ3v) is 16.2. The zero-order valence-electron chi connectivity index (χ0n) is 43.4. The molecule has 0 aromatic carbocycles. The third-order valence-electron chi connectivity index (χ3n) is 14.2. The Kier molecular flexibility index (Phi) is 19.1. The van der Waals surface area contributed by atoms with E-state index in [0.717, 1.165) is 32.0 Å². The first-order valence-corrected chi connectivity index (χ1v) is 29.4. The number of rotatable bonds is 29. The fourth-order valence-electron chi connectivity index (χ4n) is 10.1. The normalized spacial score (nSPS) is 26.8. The Balaban J connectivity index is 0.860. The molecule has 3 aliphatic heterocycles. The highest BCUT2D eigenvalue weighted by molar-refractivity contribution is 7.47. The average Bonchev–Trinajstić information content (AvgIpc) is 4.50. The number of phosphoric acid groups is 2. The van der Waals surface area contributed by atoms with Gasteiger partial charge in [0.2, 0.25) is 5.91 Å². The van der Waals surface area contributed by atoms with Crippen LogP contribution < -0.4 is 22.5 Å². The Bertz CT molecular complexity index is 3100.